The molecule has 2 N–H and O–H groups in total. The number of hydrogen-bond donors (Lipinski definition) is 1. The molecule has 3 heterocycles. The molecule has 1 amide bonds. The molecule has 0 aliphatic heterocycles. The summed E-state index contributed by atoms with van der Waals surface area (Å²) < 4.78 is 5.36. The molecule has 5 rings (SSSR count). The lowest BCUT2D eigenvalue weighted by Crippen LogP contribution is -2.22. The first-order chi connectivity index (χ1) is 17.9. The average molecular weight is 511 g/mol. The second-order valence-electron chi connectivity index (χ2n) is 8.72. The molecule has 0 unspecified atom stereocenters. The van der Waals surface area contributed by atoms with E-state index in [-0.39, 0.29) is 6.04 Å². The highest BCUT2D eigenvalue weighted by molar-refractivity contribution is 6.32. The number of carbonyl (C=O) groups is 1. The van der Waals surface area contributed by atoms with Crippen LogP contribution in [-0.2, 0) is 13.1 Å². The highest BCUT2D eigenvalue weighted by atomic mass is 35.5. The second-order valence-corrected chi connectivity index (χ2v) is 9.13. The van der Waals surface area contributed by atoms with Gasteiger partial charge < -0.3 is 10.3 Å². The van der Waals surface area contributed by atoms with Crippen LogP contribution in [0.5, 0.6) is 0 Å². The van der Waals surface area contributed by atoms with Crippen molar-refractivity contribution in [1.29, 1.82) is 5.26 Å². The summed E-state index contributed by atoms with van der Waals surface area (Å²) in [6.07, 6.45) is 5.49. The van der Waals surface area contributed by atoms with Gasteiger partial charge in [0.05, 0.1) is 35.2 Å². The smallest absolute Gasteiger partial charge is 0.267 e. The minimum absolute atomic E-state index is 0.222. The SMILES string of the molecule is C[C@@H](Cn1ccc(-c2ccc(C#N)c(Cl)c2)n1)n1nc(-c2cn(Cc3ccccc3)cn2)cc1C(N)=O. The van der Waals surface area contributed by atoms with Crippen LogP contribution >= 0.6 is 11.6 Å². The molecule has 10 heteroatoms. The Morgan fingerprint density at radius 2 is 1.89 bits per heavy atom. The van der Waals surface area contributed by atoms with Gasteiger partial charge in [0, 0.05) is 24.5 Å². The largest absolute Gasteiger partial charge is 0.364 e. The Morgan fingerprint density at radius 3 is 2.62 bits per heavy atom. The van der Waals surface area contributed by atoms with Gasteiger partial charge in [0.1, 0.15) is 23.2 Å². The van der Waals surface area contributed by atoms with Crippen molar-refractivity contribution in [3.05, 3.63) is 101 Å². The van der Waals surface area contributed by atoms with Crippen molar-refractivity contribution in [3.63, 3.8) is 0 Å². The van der Waals surface area contributed by atoms with E-state index >= 15 is 0 Å². The molecule has 0 saturated carbocycles. The fourth-order valence-corrected chi connectivity index (χ4v) is 4.37. The average Bonchev–Trinajstić information content (AvgIpc) is 3.64. The first kappa shape index (κ1) is 24.0. The Kier molecular flexibility index (Phi) is 6.58. The number of primary amides is 1. The predicted octanol–water partition coefficient (Wildman–Crippen LogP) is 4.54. The van der Waals surface area contributed by atoms with Gasteiger partial charge >= 0.3 is 0 Å². The number of rotatable bonds is 8. The zero-order chi connectivity index (χ0) is 25.9. The normalized spacial score (nSPS) is 11.8. The molecule has 37 heavy (non-hydrogen) atoms. The zero-order valence-electron chi connectivity index (χ0n) is 20.0. The van der Waals surface area contributed by atoms with Crippen molar-refractivity contribution in [2.45, 2.75) is 26.1 Å². The van der Waals surface area contributed by atoms with E-state index < -0.39 is 5.91 Å². The third kappa shape index (κ3) is 5.15. The molecule has 0 saturated heterocycles. The summed E-state index contributed by atoms with van der Waals surface area (Å²) in [6, 6.07) is 20.6. The van der Waals surface area contributed by atoms with Crippen molar-refractivity contribution in [2.75, 3.05) is 0 Å². The molecular formula is C27H23ClN8O. The maximum Gasteiger partial charge on any atom is 0.267 e. The lowest BCUT2D eigenvalue weighted by Gasteiger charge is -2.14. The third-order valence-corrected chi connectivity index (χ3v) is 6.30. The number of hydrogen-bond acceptors (Lipinski definition) is 5. The van der Waals surface area contributed by atoms with E-state index in [1.54, 1.807) is 33.9 Å². The predicted molar refractivity (Wildman–Crippen MR) is 140 cm³/mol. The maximum atomic E-state index is 12.2. The van der Waals surface area contributed by atoms with E-state index in [0.29, 0.717) is 40.8 Å². The molecule has 9 nitrogen and oxygen atoms in total. The van der Waals surface area contributed by atoms with Crippen LogP contribution < -0.4 is 5.73 Å². The standard InChI is InChI=1S/C27H23ClN8O/c1-18(14-35-10-9-23(32-35)20-7-8-21(13-29)22(28)11-20)36-26(27(30)37)12-24(33-36)25-16-34(17-31-25)15-19-5-3-2-4-6-19/h2-12,16-18H,14-15H2,1H3,(H2,30,37)/t18-/m0/s1. The molecule has 3 aromatic heterocycles. The summed E-state index contributed by atoms with van der Waals surface area (Å²) in [5.74, 6) is -0.567. The molecule has 0 fully saturated rings. The Morgan fingerprint density at radius 1 is 1.08 bits per heavy atom. The number of aromatic nitrogens is 6. The lowest BCUT2D eigenvalue weighted by atomic mass is 10.1. The molecule has 184 valence electrons. The van der Waals surface area contributed by atoms with E-state index in [0.717, 1.165) is 16.8 Å². The first-order valence-electron chi connectivity index (χ1n) is 11.6. The number of nitriles is 1. The molecule has 0 aliphatic rings. The number of nitrogens with zero attached hydrogens (tertiary/aromatic N) is 7. The number of nitrogens with two attached hydrogens (primary N) is 1. The van der Waals surface area contributed by atoms with Crippen LogP contribution in [0, 0.1) is 11.3 Å². The Hall–Kier alpha value is -4.68. The summed E-state index contributed by atoms with van der Waals surface area (Å²) in [6.45, 7) is 3.07. The highest BCUT2D eigenvalue weighted by Gasteiger charge is 2.20. The molecule has 2 aromatic carbocycles. The van der Waals surface area contributed by atoms with E-state index in [4.69, 9.17) is 22.6 Å². The van der Waals surface area contributed by atoms with Gasteiger partial charge in [-0.2, -0.15) is 15.5 Å². The van der Waals surface area contributed by atoms with Crippen LogP contribution in [-0.4, -0.2) is 35.0 Å². The summed E-state index contributed by atoms with van der Waals surface area (Å²) in [5, 5.41) is 18.8. The number of carbonyl (C=O) groups excluding carboxylic acids is 1. The van der Waals surface area contributed by atoms with Crippen molar-refractivity contribution in [2.24, 2.45) is 5.73 Å². The minimum Gasteiger partial charge on any atom is -0.364 e. The minimum atomic E-state index is -0.567. The maximum absolute atomic E-state index is 12.2. The zero-order valence-corrected chi connectivity index (χ0v) is 20.7. The molecule has 0 bridgehead atoms. The van der Waals surface area contributed by atoms with Gasteiger partial charge in [0.2, 0.25) is 0 Å². The van der Waals surface area contributed by atoms with Crippen molar-refractivity contribution >= 4 is 17.5 Å². The van der Waals surface area contributed by atoms with Crippen LogP contribution in [0.15, 0.2) is 79.4 Å². The molecular weight excluding hydrogens is 488 g/mol. The molecule has 1 atom stereocenters. The Bertz CT molecular complexity index is 1610. The first-order valence-corrected chi connectivity index (χ1v) is 12.0. The molecule has 5 aromatic rings. The second kappa shape index (κ2) is 10.1. The summed E-state index contributed by atoms with van der Waals surface area (Å²) in [5.41, 5.74) is 10.3. The van der Waals surface area contributed by atoms with Gasteiger partial charge in [0.25, 0.3) is 5.91 Å². The van der Waals surface area contributed by atoms with E-state index in [9.17, 15) is 4.79 Å². The number of benzene rings is 2. The van der Waals surface area contributed by atoms with E-state index in [1.165, 1.54) is 0 Å². The quantitative estimate of drug-likeness (QED) is 0.328. The molecule has 0 spiro atoms. The summed E-state index contributed by atoms with van der Waals surface area (Å²) in [7, 11) is 0. The van der Waals surface area contributed by atoms with Crippen LogP contribution in [0.2, 0.25) is 5.02 Å². The van der Waals surface area contributed by atoms with Gasteiger partial charge in [-0.3, -0.25) is 14.2 Å². The Balaban J connectivity index is 1.35. The topological polar surface area (TPSA) is 120 Å². The van der Waals surface area contributed by atoms with Crippen LogP contribution in [0.3, 0.4) is 0 Å². The summed E-state index contributed by atoms with van der Waals surface area (Å²) in [4.78, 5) is 16.7. The Labute approximate surface area is 218 Å². The van der Waals surface area contributed by atoms with Gasteiger partial charge in [-0.05, 0) is 36.8 Å². The molecule has 0 radical (unpaired) electrons. The fourth-order valence-electron chi connectivity index (χ4n) is 4.14. The van der Waals surface area contributed by atoms with Crippen LogP contribution in [0.4, 0.5) is 0 Å². The van der Waals surface area contributed by atoms with Gasteiger partial charge in [-0.25, -0.2) is 4.98 Å². The number of halogens is 1. The van der Waals surface area contributed by atoms with Crippen molar-refractivity contribution in [3.8, 4) is 28.7 Å². The highest BCUT2D eigenvalue weighted by Crippen LogP contribution is 2.25. The lowest BCUT2D eigenvalue weighted by molar-refractivity contribution is 0.0987. The van der Waals surface area contributed by atoms with Gasteiger partial charge in [-0.15, -0.1) is 0 Å². The fraction of sp³-hybridized carbons (Fsp3) is 0.148. The number of imidazole rings is 1. The van der Waals surface area contributed by atoms with Gasteiger partial charge in [-0.1, -0.05) is 48.0 Å². The third-order valence-electron chi connectivity index (χ3n) is 5.99. The van der Waals surface area contributed by atoms with E-state index in [1.807, 2.05) is 54.2 Å². The van der Waals surface area contributed by atoms with Crippen molar-refractivity contribution in [1.82, 2.24) is 29.1 Å². The van der Waals surface area contributed by atoms with E-state index in [2.05, 4.69) is 33.4 Å². The number of amides is 1. The molecule has 0 aliphatic carbocycles. The summed E-state index contributed by atoms with van der Waals surface area (Å²) >= 11 is 6.17. The van der Waals surface area contributed by atoms with Crippen LogP contribution in [0.1, 0.15) is 34.6 Å². The van der Waals surface area contributed by atoms with Crippen LogP contribution in [0.25, 0.3) is 22.6 Å². The van der Waals surface area contributed by atoms with Gasteiger partial charge in [0.15, 0.2) is 0 Å². The monoisotopic (exact) mass is 510 g/mol. The van der Waals surface area contributed by atoms with Crippen molar-refractivity contribution < 1.29 is 4.79 Å².